The lowest BCUT2D eigenvalue weighted by Crippen LogP contribution is -2.27. The van der Waals surface area contributed by atoms with Crippen molar-refractivity contribution in [3.8, 4) is 0 Å². The zero-order valence-electron chi connectivity index (χ0n) is 10.2. The minimum Gasteiger partial charge on any atom is -0.317 e. The quantitative estimate of drug-likeness (QED) is 0.931. The monoisotopic (exact) mass is 281 g/mol. The van der Waals surface area contributed by atoms with Crippen LogP contribution in [-0.2, 0) is 7.05 Å². The number of aromatic nitrogens is 4. The lowest BCUT2D eigenvalue weighted by atomic mass is 9.97. The first-order chi connectivity index (χ1) is 8.84. The van der Waals surface area contributed by atoms with Crippen LogP contribution in [-0.4, -0.2) is 32.8 Å². The zero-order valence-corrected chi connectivity index (χ0v) is 11.8. The molecule has 0 aliphatic carbocycles. The van der Waals surface area contributed by atoms with Gasteiger partial charge in [-0.15, -0.1) is 21.5 Å². The lowest BCUT2D eigenvalue weighted by molar-refractivity contribution is 0.434. The average molecular weight is 281 g/mol. The summed E-state index contributed by atoms with van der Waals surface area (Å²) in [5.74, 6) is 1.64. The molecular formula is C11H15N5S2. The van der Waals surface area contributed by atoms with E-state index in [2.05, 4.69) is 25.1 Å². The summed E-state index contributed by atoms with van der Waals surface area (Å²) in [5.41, 5.74) is 0. The first kappa shape index (κ1) is 12.1. The molecule has 0 atom stereocenters. The largest absolute Gasteiger partial charge is 0.317 e. The average Bonchev–Trinajstić information content (AvgIpc) is 3.03. The minimum atomic E-state index is 0.536. The van der Waals surface area contributed by atoms with Crippen LogP contribution in [0.25, 0.3) is 0 Å². The summed E-state index contributed by atoms with van der Waals surface area (Å²) in [6.45, 7) is 2.15. The zero-order chi connectivity index (χ0) is 12.4. The summed E-state index contributed by atoms with van der Waals surface area (Å²) in [4.78, 5) is 4.26. The van der Waals surface area contributed by atoms with Gasteiger partial charge in [0.25, 0.3) is 0 Å². The summed E-state index contributed by atoms with van der Waals surface area (Å²) in [5, 5.41) is 14.9. The van der Waals surface area contributed by atoms with E-state index in [0.29, 0.717) is 5.92 Å². The molecule has 3 heterocycles. The molecule has 1 aliphatic heterocycles. The van der Waals surface area contributed by atoms with Crippen LogP contribution in [0, 0.1) is 0 Å². The molecule has 1 saturated heterocycles. The van der Waals surface area contributed by atoms with E-state index in [-0.39, 0.29) is 0 Å². The van der Waals surface area contributed by atoms with Gasteiger partial charge in [0, 0.05) is 24.5 Å². The second kappa shape index (κ2) is 5.38. The summed E-state index contributed by atoms with van der Waals surface area (Å²) >= 11 is 3.22. The van der Waals surface area contributed by atoms with Crippen molar-refractivity contribution >= 4 is 23.1 Å². The fourth-order valence-corrected chi connectivity index (χ4v) is 3.71. The minimum absolute atomic E-state index is 0.536. The van der Waals surface area contributed by atoms with E-state index in [0.717, 1.165) is 41.3 Å². The molecule has 0 aromatic carbocycles. The Kier molecular flexibility index (Phi) is 3.62. The Morgan fingerprint density at radius 1 is 1.39 bits per heavy atom. The Bertz CT molecular complexity index is 501. The molecule has 3 rings (SSSR count). The van der Waals surface area contributed by atoms with Gasteiger partial charge in [0.2, 0.25) is 0 Å². The van der Waals surface area contributed by atoms with Crippen molar-refractivity contribution in [1.82, 2.24) is 25.1 Å². The molecule has 7 heteroatoms. The predicted octanol–water partition coefficient (Wildman–Crippen LogP) is 1.89. The third-order valence-corrected chi connectivity index (χ3v) is 5.08. The fourth-order valence-electron chi connectivity index (χ4n) is 2.19. The number of hydrogen-bond donors (Lipinski definition) is 1. The molecule has 0 amide bonds. The second-order valence-electron chi connectivity index (χ2n) is 4.32. The highest BCUT2D eigenvalue weighted by Gasteiger charge is 2.22. The Morgan fingerprint density at radius 2 is 2.22 bits per heavy atom. The molecule has 2 aromatic heterocycles. The highest BCUT2D eigenvalue weighted by molar-refractivity contribution is 8.00. The first-order valence-electron chi connectivity index (χ1n) is 6.02. The topological polar surface area (TPSA) is 55.6 Å². The van der Waals surface area contributed by atoms with Crippen molar-refractivity contribution in [2.45, 2.75) is 28.3 Å². The molecule has 1 N–H and O–H groups in total. The molecule has 2 aromatic rings. The molecule has 1 fully saturated rings. The van der Waals surface area contributed by atoms with Crippen molar-refractivity contribution in [3.05, 3.63) is 17.4 Å². The Labute approximate surface area is 114 Å². The number of rotatable bonds is 3. The van der Waals surface area contributed by atoms with Crippen molar-refractivity contribution in [3.63, 3.8) is 0 Å². The molecule has 96 valence electrons. The van der Waals surface area contributed by atoms with Gasteiger partial charge in [0.1, 0.15) is 5.82 Å². The fraction of sp³-hybridized carbons (Fsp3) is 0.545. The number of nitrogens with one attached hydrogen (secondary N) is 1. The maximum Gasteiger partial charge on any atom is 0.198 e. The molecule has 5 nitrogen and oxygen atoms in total. The van der Waals surface area contributed by atoms with Gasteiger partial charge in [-0.1, -0.05) is 0 Å². The number of hydrogen-bond acceptors (Lipinski definition) is 6. The van der Waals surface area contributed by atoms with Crippen molar-refractivity contribution in [2.75, 3.05) is 13.1 Å². The second-order valence-corrected chi connectivity index (χ2v) is 6.43. The van der Waals surface area contributed by atoms with Crippen molar-refractivity contribution in [2.24, 2.45) is 7.05 Å². The number of thiazole rings is 1. The standard InChI is InChI=1S/C11H15N5S2/c1-16-9(8-2-4-12-5-3-8)14-15-10(16)18-11-13-6-7-17-11/h6-8,12H,2-5H2,1H3. The first-order valence-corrected chi connectivity index (χ1v) is 7.71. The van der Waals surface area contributed by atoms with E-state index in [1.807, 2.05) is 18.6 Å². The van der Waals surface area contributed by atoms with Crippen LogP contribution in [0.3, 0.4) is 0 Å². The van der Waals surface area contributed by atoms with E-state index in [9.17, 15) is 0 Å². The molecule has 18 heavy (non-hydrogen) atoms. The summed E-state index contributed by atoms with van der Waals surface area (Å²) in [6, 6.07) is 0. The van der Waals surface area contributed by atoms with Crippen LogP contribution < -0.4 is 5.32 Å². The van der Waals surface area contributed by atoms with Gasteiger partial charge in [0.15, 0.2) is 9.50 Å². The molecule has 0 radical (unpaired) electrons. The predicted molar refractivity (Wildman–Crippen MR) is 72.1 cm³/mol. The Hall–Kier alpha value is -0.920. The molecular weight excluding hydrogens is 266 g/mol. The lowest BCUT2D eigenvalue weighted by Gasteiger charge is -2.21. The van der Waals surface area contributed by atoms with E-state index in [1.165, 1.54) is 0 Å². The van der Waals surface area contributed by atoms with Crippen LogP contribution in [0.15, 0.2) is 21.1 Å². The Balaban J connectivity index is 1.78. The van der Waals surface area contributed by atoms with Gasteiger partial charge in [-0.25, -0.2) is 4.98 Å². The van der Waals surface area contributed by atoms with Crippen molar-refractivity contribution in [1.29, 1.82) is 0 Å². The van der Waals surface area contributed by atoms with E-state index >= 15 is 0 Å². The van der Waals surface area contributed by atoms with Crippen LogP contribution >= 0.6 is 23.1 Å². The molecule has 0 spiro atoms. The van der Waals surface area contributed by atoms with E-state index in [4.69, 9.17) is 0 Å². The van der Waals surface area contributed by atoms with Crippen LogP contribution in [0.2, 0.25) is 0 Å². The normalized spacial score (nSPS) is 17.2. The highest BCUT2D eigenvalue weighted by Crippen LogP contribution is 2.30. The van der Waals surface area contributed by atoms with Crippen LogP contribution in [0.5, 0.6) is 0 Å². The third-order valence-electron chi connectivity index (χ3n) is 3.16. The number of nitrogens with zero attached hydrogens (tertiary/aromatic N) is 4. The van der Waals surface area contributed by atoms with Gasteiger partial charge in [0.05, 0.1) is 0 Å². The van der Waals surface area contributed by atoms with Gasteiger partial charge < -0.3 is 9.88 Å². The summed E-state index contributed by atoms with van der Waals surface area (Å²) in [7, 11) is 2.05. The van der Waals surface area contributed by atoms with Gasteiger partial charge in [-0.3, -0.25) is 0 Å². The highest BCUT2D eigenvalue weighted by atomic mass is 32.2. The SMILES string of the molecule is Cn1c(Sc2nccs2)nnc1C1CCNCC1. The summed E-state index contributed by atoms with van der Waals surface area (Å²) < 4.78 is 3.13. The van der Waals surface area contributed by atoms with Gasteiger partial charge in [-0.2, -0.15) is 0 Å². The van der Waals surface area contributed by atoms with E-state index in [1.54, 1.807) is 23.1 Å². The molecule has 1 aliphatic rings. The van der Waals surface area contributed by atoms with Crippen LogP contribution in [0.4, 0.5) is 0 Å². The summed E-state index contributed by atoms with van der Waals surface area (Å²) in [6.07, 6.45) is 4.11. The van der Waals surface area contributed by atoms with Crippen LogP contribution in [0.1, 0.15) is 24.6 Å². The molecule has 0 bridgehead atoms. The van der Waals surface area contributed by atoms with E-state index < -0.39 is 0 Å². The molecule has 0 unspecified atom stereocenters. The maximum atomic E-state index is 4.36. The smallest absolute Gasteiger partial charge is 0.198 e. The molecule has 0 saturated carbocycles. The Morgan fingerprint density at radius 3 is 2.94 bits per heavy atom. The number of piperidine rings is 1. The third kappa shape index (κ3) is 2.43. The maximum absolute atomic E-state index is 4.36. The van der Waals surface area contributed by atoms with Gasteiger partial charge >= 0.3 is 0 Å². The van der Waals surface area contributed by atoms with Gasteiger partial charge in [-0.05, 0) is 37.7 Å². The van der Waals surface area contributed by atoms with Crippen molar-refractivity contribution < 1.29 is 0 Å².